The van der Waals surface area contributed by atoms with E-state index in [4.69, 9.17) is 4.74 Å². The van der Waals surface area contributed by atoms with Crippen LogP contribution < -0.4 is 0 Å². The molecule has 1 aliphatic heterocycles. The predicted octanol–water partition coefficient (Wildman–Crippen LogP) is 4.74. The molecule has 2 aromatic carbocycles. The molecule has 1 aliphatic rings. The summed E-state index contributed by atoms with van der Waals surface area (Å²) < 4.78 is 6.16. The van der Waals surface area contributed by atoms with E-state index in [0.29, 0.717) is 30.1 Å². The molecule has 0 fully saturated rings. The molecule has 1 atom stereocenters. The topological polar surface area (TPSA) is 78.5 Å². The van der Waals surface area contributed by atoms with Crippen LogP contribution in [-0.2, 0) is 4.74 Å². The number of carbonyl (C=O) groups is 1. The molecule has 0 saturated carbocycles. The summed E-state index contributed by atoms with van der Waals surface area (Å²) in [5.41, 5.74) is 5.34. The Kier molecular flexibility index (Phi) is 5.66. The number of benzene rings is 2. The quantitative estimate of drug-likeness (QED) is 0.510. The minimum absolute atomic E-state index is 0.0864. The summed E-state index contributed by atoms with van der Waals surface area (Å²) in [6.07, 6.45) is 0.733. The molecule has 2 heterocycles. The molecule has 4 rings (SSSR count). The first-order valence-electron chi connectivity index (χ1n) is 9.86. The zero-order valence-corrected chi connectivity index (χ0v) is 18.8. The lowest BCUT2D eigenvalue weighted by atomic mass is 9.94. The van der Waals surface area contributed by atoms with E-state index in [-0.39, 0.29) is 17.7 Å². The third-order valence-corrected chi connectivity index (χ3v) is 6.03. The van der Waals surface area contributed by atoms with E-state index < -0.39 is 0 Å². The van der Waals surface area contributed by atoms with Crippen molar-refractivity contribution in [3.8, 4) is 17.0 Å². The molecule has 30 heavy (non-hydrogen) atoms. The Morgan fingerprint density at radius 3 is 2.67 bits per heavy atom. The van der Waals surface area contributed by atoms with Gasteiger partial charge in [-0.1, -0.05) is 34.1 Å². The van der Waals surface area contributed by atoms with Gasteiger partial charge in [0.2, 0.25) is 0 Å². The monoisotopic (exact) mass is 469 g/mol. The fourth-order valence-corrected chi connectivity index (χ4v) is 4.41. The number of carbonyl (C=O) groups excluding carboxylic acids is 1. The van der Waals surface area contributed by atoms with Gasteiger partial charge in [0.25, 0.3) is 5.91 Å². The lowest BCUT2D eigenvalue weighted by molar-refractivity contribution is 0.0723. The summed E-state index contributed by atoms with van der Waals surface area (Å²) >= 11 is 3.48. The van der Waals surface area contributed by atoms with E-state index in [0.717, 1.165) is 33.1 Å². The smallest absolute Gasteiger partial charge is 0.273 e. The summed E-state index contributed by atoms with van der Waals surface area (Å²) in [5, 5.41) is 18.1. The number of ether oxygens (including phenoxy) is 1. The van der Waals surface area contributed by atoms with Crippen LogP contribution in [0.15, 0.2) is 40.9 Å². The molecule has 2 N–H and O–H groups in total. The minimum Gasteiger partial charge on any atom is -0.507 e. The molecule has 0 radical (unpaired) electrons. The number of aromatic hydroxyl groups is 1. The Balaban J connectivity index is 1.87. The van der Waals surface area contributed by atoms with Gasteiger partial charge in [0.15, 0.2) is 0 Å². The molecule has 1 amide bonds. The third kappa shape index (κ3) is 3.52. The number of methoxy groups -OCH3 is 1. The SMILES string of the molecule is COCCCN1C(=O)c2[nH]nc(-c3cc(C)cc(C)c3O)c2C1c1ccc(Br)cc1. The largest absolute Gasteiger partial charge is 0.507 e. The first kappa shape index (κ1) is 20.6. The van der Waals surface area contributed by atoms with Crippen molar-refractivity contribution in [2.45, 2.75) is 26.3 Å². The molecule has 0 saturated heterocycles. The molecule has 7 heteroatoms. The number of aromatic nitrogens is 2. The van der Waals surface area contributed by atoms with Crippen molar-refractivity contribution >= 4 is 21.8 Å². The van der Waals surface area contributed by atoms with Crippen LogP contribution in [0.5, 0.6) is 5.75 Å². The van der Waals surface area contributed by atoms with Gasteiger partial charge < -0.3 is 14.7 Å². The number of phenolic OH excluding ortho intramolecular Hbond substituents is 1. The van der Waals surface area contributed by atoms with Crippen LogP contribution in [0, 0.1) is 13.8 Å². The van der Waals surface area contributed by atoms with Crippen molar-refractivity contribution in [1.82, 2.24) is 15.1 Å². The van der Waals surface area contributed by atoms with Crippen LogP contribution in [0.4, 0.5) is 0 Å². The second-order valence-corrected chi connectivity index (χ2v) is 8.55. The second-order valence-electron chi connectivity index (χ2n) is 7.64. The predicted molar refractivity (Wildman–Crippen MR) is 119 cm³/mol. The summed E-state index contributed by atoms with van der Waals surface area (Å²) in [6.45, 7) is 4.99. The summed E-state index contributed by atoms with van der Waals surface area (Å²) in [6, 6.07) is 11.5. The summed E-state index contributed by atoms with van der Waals surface area (Å²) in [5.74, 6) is 0.103. The van der Waals surface area contributed by atoms with Crippen LogP contribution in [-0.4, -0.2) is 46.4 Å². The van der Waals surface area contributed by atoms with Gasteiger partial charge in [0, 0.05) is 35.9 Å². The highest BCUT2D eigenvalue weighted by Gasteiger charge is 2.42. The number of hydrogen-bond donors (Lipinski definition) is 2. The summed E-state index contributed by atoms with van der Waals surface area (Å²) in [7, 11) is 1.66. The van der Waals surface area contributed by atoms with Crippen molar-refractivity contribution in [1.29, 1.82) is 0 Å². The first-order chi connectivity index (χ1) is 14.4. The van der Waals surface area contributed by atoms with Crippen molar-refractivity contribution in [3.63, 3.8) is 0 Å². The number of hydrogen-bond acceptors (Lipinski definition) is 4. The van der Waals surface area contributed by atoms with Crippen molar-refractivity contribution in [2.75, 3.05) is 20.3 Å². The van der Waals surface area contributed by atoms with E-state index in [1.807, 2.05) is 55.1 Å². The maximum Gasteiger partial charge on any atom is 0.273 e. The fourth-order valence-electron chi connectivity index (χ4n) is 4.14. The number of nitrogens with zero attached hydrogens (tertiary/aromatic N) is 2. The van der Waals surface area contributed by atoms with Crippen LogP contribution >= 0.6 is 15.9 Å². The van der Waals surface area contributed by atoms with Crippen LogP contribution in [0.3, 0.4) is 0 Å². The number of aryl methyl sites for hydroxylation is 2. The highest BCUT2D eigenvalue weighted by atomic mass is 79.9. The number of rotatable bonds is 6. The van der Waals surface area contributed by atoms with Gasteiger partial charge in [-0.25, -0.2) is 0 Å². The highest BCUT2D eigenvalue weighted by molar-refractivity contribution is 9.10. The normalized spacial score (nSPS) is 15.7. The number of phenols is 1. The van der Waals surface area contributed by atoms with Crippen LogP contribution in [0.25, 0.3) is 11.3 Å². The number of aromatic amines is 1. The van der Waals surface area contributed by atoms with Gasteiger partial charge in [-0.2, -0.15) is 5.10 Å². The van der Waals surface area contributed by atoms with Gasteiger partial charge in [0.05, 0.1) is 6.04 Å². The molecule has 1 aromatic heterocycles. The van der Waals surface area contributed by atoms with E-state index in [9.17, 15) is 9.90 Å². The van der Waals surface area contributed by atoms with Crippen molar-refractivity contribution < 1.29 is 14.6 Å². The van der Waals surface area contributed by atoms with Crippen LogP contribution in [0.1, 0.15) is 45.2 Å². The van der Waals surface area contributed by atoms with Gasteiger partial charge in [0.1, 0.15) is 17.1 Å². The Morgan fingerprint density at radius 2 is 1.97 bits per heavy atom. The Hall–Kier alpha value is -2.64. The molecule has 3 aromatic rings. The number of fused-ring (bicyclic) bond motifs is 1. The Labute approximate surface area is 184 Å². The van der Waals surface area contributed by atoms with Gasteiger partial charge >= 0.3 is 0 Å². The Morgan fingerprint density at radius 1 is 1.23 bits per heavy atom. The first-order valence-corrected chi connectivity index (χ1v) is 10.7. The molecule has 0 spiro atoms. The number of H-pyrrole nitrogens is 1. The lowest BCUT2D eigenvalue weighted by Crippen LogP contribution is -2.31. The van der Waals surface area contributed by atoms with Gasteiger partial charge in [-0.15, -0.1) is 0 Å². The number of nitrogens with one attached hydrogen (secondary N) is 1. The standard InChI is InChI=1S/C23H24BrN3O3/c1-13-11-14(2)22(28)17(12-13)19-18-20(26-25-19)23(29)27(9-4-10-30-3)21(18)15-5-7-16(24)8-6-15/h5-8,11-12,21,28H,4,9-10H2,1-3H3,(H,25,26). The molecule has 6 nitrogen and oxygen atoms in total. The average Bonchev–Trinajstić information content (AvgIpc) is 3.25. The molecule has 1 unspecified atom stereocenters. The van der Waals surface area contributed by atoms with Crippen molar-refractivity contribution in [2.24, 2.45) is 0 Å². The molecule has 0 bridgehead atoms. The van der Waals surface area contributed by atoms with E-state index in [2.05, 4.69) is 26.1 Å². The van der Waals surface area contributed by atoms with Gasteiger partial charge in [-0.3, -0.25) is 9.89 Å². The van der Waals surface area contributed by atoms with Gasteiger partial charge in [-0.05, 0) is 55.2 Å². The zero-order valence-electron chi connectivity index (χ0n) is 17.2. The summed E-state index contributed by atoms with van der Waals surface area (Å²) in [4.78, 5) is 15.1. The van der Waals surface area contributed by atoms with Crippen LogP contribution in [0.2, 0.25) is 0 Å². The van der Waals surface area contributed by atoms with E-state index in [1.54, 1.807) is 7.11 Å². The average molecular weight is 470 g/mol. The zero-order chi connectivity index (χ0) is 21.4. The molecule has 156 valence electrons. The fraction of sp³-hybridized carbons (Fsp3) is 0.304. The molecular weight excluding hydrogens is 446 g/mol. The second kappa shape index (κ2) is 8.24. The molecule has 0 aliphatic carbocycles. The molecular formula is C23H24BrN3O3. The van der Waals surface area contributed by atoms with E-state index >= 15 is 0 Å². The maximum atomic E-state index is 13.2. The number of halogens is 1. The third-order valence-electron chi connectivity index (χ3n) is 5.50. The Bertz CT molecular complexity index is 1090. The number of amides is 1. The van der Waals surface area contributed by atoms with Crippen molar-refractivity contribution in [3.05, 3.63) is 68.8 Å². The van der Waals surface area contributed by atoms with E-state index in [1.165, 1.54) is 0 Å². The highest BCUT2D eigenvalue weighted by Crippen LogP contribution is 2.45. The minimum atomic E-state index is -0.286. The lowest BCUT2D eigenvalue weighted by Gasteiger charge is -2.26. The maximum absolute atomic E-state index is 13.2.